The lowest BCUT2D eigenvalue weighted by Crippen LogP contribution is -2.24. The van der Waals surface area contributed by atoms with Gasteiger partial charge in [0, 0.05) is 35.2 Å². The highest BCUT2D eigenvalue weighted by molar-refractivity contribution is 6.30. The first kappa shape index (κ1) is 18.7. The molecule has 0 bridgehead atoms. The second-order valence-electron chi connectivity index (χ2n) is 8.17. The number of rotatable bonds is 3. The van der Waals surface area contributed by atoms with Crippen LogP contribution in [0.2, 0.25) is 5.02 Å². The van der Waals surface area contributed by atoms with Crippen LogP contribution >= 0.6 is 11.6 Å². The van der Waals surface area contributed by atoms with Crippen molar-refractivity contribution in [2.75, 3.05) is 11.4 Å². The minimum atomic E-state index is -0.0992. The first-order chi connectivity index (χ1) is 13.3. The van der Waals surface area contributed by atoms with E-state index >= 15 is 0 Å². The van der Waals surface area contributed by atoms with Crippen LogP contribution in [0.25, 0.3) is 11.5 Å². The van der Waals surface area contributed by atoms with Crippen molar-refractivity contribution in [1.29, 1.82) is 0 Å². The molecule has 1 atom stereocenters. The van der Waals surface area contributed by atoms with Gasteiger partial charge in [-0.05, 0) is 41.3 Å². The standard InChI is InChI=1S/C22H22ClN3O2/c1-22(2,3)16-9-7-14(8-10-16)21-24-20(25-28-21)15-11-19(27)26(13-15)18-6-4-5-17(23)12-18/h4-10,12,15H,11,13H2,1-3H3. The van der Waals surface area contributed by atoms with E-state index in [4.69, 9.17) is 16.1 Å². The summed E-state index contributed by atoms with van der Waals surface area (Å²) in [5.41, 5.74) is 3.01. The van der Waals surface area contributed by atoms with E-state index in [1.54, 1.807) is 17.0 Å². The third-order valence-electron chi connectivity index (χ3n) is 5.05. The lowest BCUT2D eigenvalue weighted by molar-refractivity contribution is -0.117. The van der Waals surface area contributed by atoms with Crippen molar-refractivity contribution in [3.05, 3.63) is 64.9 Å². The Morgan fingerprint density at radius 3 is 2.57 bits per heavy atom. The van der Waals surface area contributed by atoms with Crippen LogP contribution in [-0.2, 0) is 10.2 Å². The average molecular weight is 396 g/mol. The molecule has 0 spiro atoms. The number of carbonyl (C=O) groups is 1. The molecule has 1 amide bonds. The van der Waals surface area contributed by atoms with Gasteiger partial charge in [0.05, 0.1) is 0 Å². The highest BCUT2D eigenvalue weighted by Gasteiger charge is 2.34. The van der Waals surface area contributed by atoms with Gasteiger partial charge in [0.1, 0.15) is 0 Å². The molecule has 1 fully saturated rings. The monoisotopic (exact) mass is 395 g/mol. The first-order valence-electron chi connectivity index (χ1n) is 9.32. The Morgan fingerprint density at radius 1 is 1.14 bits per heavy atom. The molecular weight excluding hydrogens is 374 g/mol. The fourth-order valence-corrected chi connectivity index (χ4v) is 3.59. The van der Waals surface area contributed by atoms with E-state index in [0.29, 0.717) is 29.7 Å². The Hall–Kier alpha value is -2.66. The number of hydrogen-bond donors (Lipinski definition) is 0. The van der Waals surface area contributed by atoms with Gasteiger partial charge in [-0.25, -0.2) is 0 Å². The normalized spacial score (nSPS) is 17.4. The van der Waals surface area contributed by atoms with E-state index in [9.17, 15) is 4.79 Å². The summed E-state index contributed by atoms with van der Waals surface area (Å²) in [6, 6.07) is 15.5. The number of halogens is 1. The molecule has 0 aliphatic carbocycles. The maximum absolute atomic E-state index is 12.5. The third kappa shape index (κ3) is 3.67. The quantitative estimate of drug-likeness (QED) is 0.610. The molecule has 1 aliphatic heterocycles. The van der Waals surface area contributed by atoms with Gasteiger partial charge in [0.2, 0.25) is 5.91 Å². The van der Waals surface area contributed by atoms with Crippen LogP contribution in [0.3, 0.4) is 0 Å². The fourth-order valence-electron chi connectivity index (χ4n) is 3.40. The van der Waals surface area contributed by atoms with Gasteiger partial charge in [-0.3, -0.25) is 4.79 Å². The van der Waals surface area contributed by atoms with Crippen LogP contribution in [0.1, 0.15) is 44.5 Å². The Morgan fingerprint density at radius 2 is 1.89 bits per heavy atom. The number of nitrogens with zero attached hydrogens (tertiary/aromatic N) is 3. The number of hydrogen-bond acceptors (Lipinski definition) is 4. The van der Waals surface area contributed by atoms with Gasteiger partial charge in [0.15, 0.2) is 5.82 Å². The first-order valence-corrected chi connectivity index (χ1v) is 9.69. The van der Waals surface area contributed by atoms with Gasteiger partial charge in [-0.15, -0.1) is 0 Å². The van der Waals surface area contributed by atoms with Crippen molar-refractivity contribution in [1.82, 2.24) is 10.1 Å². The highest BCUT2D eigenvalue weighted by Crippen LogP contribution is 2.33. The van der Waals surface area contributed by atoms with Crippen LogP contribution in [0.15, 0.2) is 53.1 Å². The summed E-state index contributed by atoms with van der Waals surface area (Å²) in [5.74, 6) is 0.975. The van der Waals surface area contributed by atoms with Gasteiger partial charge < -0.3 is 9.42 Å². The molecule has 3 aromatic rings. The van der Waals surface area contributed by atoms with Crippen molar-refractivity contribution < 1.29 is 9.32 Å². The molecule has 0 radical (unpaired) electrons. The van der Waals surface area contributed by atoms with Gasteiger partial charge >= 0.3 is 0 Å². The van der Waals surface area contributed by atoms with E-state index in [1.165, 1.54) is 5.56 Å². The molecule has 1 aliphatic rings. The Kier molecular flexibility index (Phi) is 4.71. The molecule has 4 rings (SSSR count). The van der Waals surface area contributed by atoms with Gasteiger partial charge in [-0.1, -0.05) is 55.7 Å². The predicted molar refractivity (Wildman–Crippen MR) is 110 cm³/mol. The number of carbonyl (C=O) groups excluding carboxylic acids is 1. The molecule has 144 valence electrons. The molecule has 2 heterocycles. The zero-order valence-corrected chi connectivity index (χ0v) is 16.9. The number of benzene rings is 2. The van der Waals surface area contributed by atoms with E-state index in [0.717, 1.165) is 11.3 Å². The molecule has 1 unspecified atom stereocenters. The largest absolute Gasteiger partial charge is 0.334 e. The summed E-state index contributed by atoms with van der Waals surface area (Å²) in [4.78, 5) is 18.8. The van der Waals surface area contributed by atoms with Gasteiger partial charge in [0.25, 0.3) is 5.89 Å². The summed E-state index contributed by atoms with van der Waals surface area (Å²) < 4.78 is 5.47. The Labute approximate surface area is 169 Å². The molecule has 0 N–H and O–H groups in total. The van der Waals surface area contributed by atoms with Crippen molar-refractivity contribution in [3.8, 4) is 11.5 Å². The molecule has 2 aromatic carbocycles. The lowest BCUT2D eigenvalue weighted by Gasteiger charge is -2.18. The molecule has 1 saturated heterocycles. The van der Waals surface area contributed by atoms with Crippen LogP contribution in [0, 0.1) is 0 Å². The molecular formula is C22H22ClN3O2. The van der Waals surface area contributed by atoms with E-state index in [2.05, 4.69) is 43.0 Å². The van der Waals surface area contributed by atoms with Gasteiger partial charge in [-0.2, -0.15) is 4.98 Å². The predicted octanol–water partition coefficient (Wildman–Crippen LogP) is 5.21. The van der Waals surface area contributed by atoms with Crippen LogP contribution in [-0.4, -0.2) is 22.6 Å². The number of anilines is 1. The van der Waals surface area contributed by atoms with Crippen molar-refractivity contribution in [3.63, 3.8) is 0 Å². The number of amides is 1. The van der Waals surface area contributed by atoms with Crippen LogP contribution in [0.4, 0.5) is 5.69 Å². The Balaban J connectivity index is 1.53. The highest BCUT2D eigenvalue weighted by atomic mass is 35.5. The second kappa shape index (κ2) is 7.06. The zero-order valence-electron chi connectivity index (χ0n) is 16.1. The van der Waals surface area contributed by atoms with Crippen molar-refractivity contribution >= 4 is 23.2 Å². The smallest absolute Gasteiger partial charge is 0.257 e. The summed E-state index contributed by atoms with van der Waals surface area (Å²) in [6.45, 7) is 7.04. The maximum Gasteiger partial charge on any atom is 0.257 e. The Bertz CT molecular complexity index is 1010. The third-order valence-corrected chi connectivity index (χ3v) is 5.28. The SMILES string of the molecule is CC(C)(C)c1ccc(-c2nc(C3CC(=O)N(c4cccc(Cl)c4)C3)no2)cc1. The van der Waals surface area contributed by atoms with E-state index in [1.807, 2.05) is 24.3 Å². The number of aromatic nitrogens is 2. The van der Waals surface area contributed by atoms with E-state index < -0.39 is 0 Å². The summed E-state index contributed by atoms with van der Waals surface area (Å²) in [6.07, 6.45) is 0.356. The van der Waals surface area contributed by atoms with Crippen LogP contribution in [0.5, 0.6) is 0 Å². The molecule has 28 heavy (non-hydrogen) atoms. The molecule has 6 heteroatoms. The zero-order chi connectivity index (χ0) is 19.9. The maximum atomic E-state index is 12.5. The average Bonchev–Trinajstić information content (AvgIpc) is 3.28. The van der Waals surface area contributed by atoms with Crippen molar-refractivity contribution in [2.45, 2.75) is 38.5 Å². The van der Waals surface area contributed by atoms with Crippen LogP contribution < -0.4 is 4.90 Å². The molecule has 1 aromatic heterocycles. The fraction of sp³-hybridized carbons (Fsp3) is 0.318. The minimum absolute atomic E-state index is 0.0353. The summed E-state index contributed by atoms with van der Waals surface area (Å²) in [7, 11) is 0. The second-order valence-corrected chi connectivity index (χ2v) is 8.61. The summed E-state index contributed by atoms with van der Waals surface area (Å²) in [5, 5.41) is 4.74. The topological polar surface area (TPSA) is 59.2 Å². The lowest BCUT2D eigenvalue weighted by atomic mass is 9.87. The van der Waals surface area contributed by atoms with Crippen molar-refractivity contribution in [2.24, 2.45) is 0 Å². The van der Waals surface area contributed by atoms with E-state index in [-0.39, 0.29) is 17.2 Å². The molecule has 0 saturated carbocycles. The molecule has 5 nitrogen and oxygen atoms in total. The minimum Gasteiger partial charge on any atom is -0.334 e. The summed E-state index contributed by atoms with van der Waals surface area (Å²) >= 11 is 6.06.